The number of nitrogens with one attached hydrogen (secondary N) is 2. The lowest BCUT2D eigenvalue weighted by molar-refractivity contribution is -0.463. The van der Waals surface area contributed by atoms with Gasteiger partial charge in [0.1, 0.15) is 0 Å². The molecule has 0 rings (SSSR count). The molecule has 0 aromatic carbocycles. The van der Waals surface area contributed by atoms with Crippen molar-refractivity contribution in [3.05, 3.63) is 24.3 Å². The Hall–Kier alpha value is -3.45. The number of carbonyl (C=O) groups excluding carboxylic acids is 4. The van der Waals surface area contributed by atoms with Crippen molar-refractivity contribution in [1.29, 1.82) is 0 Å². The minimum Gasteiger partial charge on any atom is -0.466 e. The topological polar surface area (TPSA) is 223 Å². The second-order valence-electron chi connectivity index (χ2n) is 14.9. The van der Waals surface area contributed by atoms with E-state index in [0.29, 0.717) is 45.4 Å². The number of quaternary nitrogens is 2. The highest BCUT2D eigenvalue weighted by molar-refractivity contribution is 5.83. The van der Waals surface area contributed by atoms with Crippen LogP contribution < -0.4 is 33.2 Å². The van der Waals surface area contributed by atoms with Gasteiger partial charge in [0.15, 0.2) is 12.1 Å². The number of nitrogens with two attached hydrogens (primary N) is 2. The van der Waals surface area contributed by atoms with Crippen molar-refractivity contribution in [3.63, 3.8) is 0 Å². The highest BCUT2D eigenvalue weighted by Crippen LogP contribution is 2.12. The van der Waals surface area contributed by atoms with Crippen LogP contribution in [0.5, 0.6) is 0 Å². The van der Waals surface area contributed by atoms with Crippen LogP contribution in [0.3, 0.4) is 0 Å². The molecule has 0 saturated carbocycles. The molecule has 0 aliphatic heterocycles. The maximum Gasteiger partial charge on any atom is 0.338 e. The van der Waals surface area contributed by atoms with Gasteiger partial charge in [-0.15, -0.1) is 0 Å². The number of ether oxygens (including phenoxy) is 2. The Bertz CT molecular complexity index is 1040. The van der Waals surface area contributed by atoms with E-state index in [-0.39, 0.29) is 36.3 Å². The highest BCUT2D eigenvalue weighted by Gasteiger charge is 2.26. The van der Waals surface area contributed by atoms with E-state index >= 15 is 0 Å². The van der Waals surface area contributed by atoms with Crippen LogP contribution in [0, 0.1) is 0 Å². The van der Waals surface area contributed by atoms with Crippen LogP contribution in [-0.4, -0.2) is 86.1 Å². The molecule has 0 radical (unpaired) electrons. The average Bonchev–Trinajstić information content (AvgIpc) is 3.17. The van der Waals surface area contributed by atoms with E-state index in [4.69, 9.17) is 20.9 Å². The Morgan fingerprint density at radius 1 is 0.607 bits per heavy atom. The van der Waals surface area contributed by atoms with Gasteiger partial charge in [0.2, 0.25) is 0 Å². The van der Waals surface area contributed by atoms with Crippen LogP contribution in [0.25, 0.3) is 0 Å². The maximum absolute atomic E-state index is 13.5. The third kappa shape index (κ3) is 33.9. The van der Waals surface area contributed by atoms with Gasteiger partial charge in [0.05, 0.1) is 26.3 Å². The number of hydrogen-bond acceptors (Lipinski definition) is 6. The number of unbranched alkanes of at least 4 members (excludes halogenated alkanes) is 16. The Morgan fingerprint density at radius 2 is 1.02 bits per heavy atom. The van der Waals surface area contributed by atoms with Crippen molar-refractivity contribution in [3.8, 4) is 0 Å². The smallest absolute Gasteiger partial charge is 0.338 e. The van der Waals surface area contributed by atoms with E-state index in [9.17, 15) is 19.2 Å². The van der Waals surface area contributed by atoms with Crippen molar-refractivity contribution in [2.45, 2.75) is 180 Å². The summed E-state index contributed by atoms with van der Waals surface area (Å²) < 4.78 is 9.94. The number of rotatable bonds is 38. The fourth-order valence-electron chi connectivity index (χ4n) is 6.30. The van der Waals surface area contributed by atoms with E-state index in [1.807, 2.05) is 18.7 Å². The van der Waals surface area contributed by atoms with Crippen molar-refractivity contribution >= 4 is 29.7 Å². The zero-order valence-electron chi connectivity index (χ0n) is 35.6. The molecule has 13 heteroatoms. The van der Waals surface area contributed by atoms with E-state index in [1.54, 1.807) is 0 Å². The zero-order valence-corrected chi connectivity index (χ0v) is 35.6. The predicted molar refractivity (Wildman–Crippen MR) is 225 cm³/mol. The van der Waals surface area contributed by atoms with Gasteiger partial charge in [-0.1, -0.05) is 75.7 Å². The van der Waals surface area contributed by atoms with Crippen LogP contribution >= 0.6 is 0 Å². The fourth-order valence-corrected chi connectivity index (χ4v) is 6.30. The minimum atomic E-state index is -0.546. The number of nitrogens with zero attached hydrogens (tertiary/aromatic N) is 1. The molecule has 0 bridgehead atoms. The average molecular weight is 795 g/mol. The molecule has 324 valence electrons. The van der Waals surface area contributed by atoms with E-state index in [0.717, 1.165) is 103 Å². The summed E-state index contributed by atoms with van der Waals surface area (Å²) in [7, 11) is 0. The Balaban J connectivity index is 4.50. The number of carbonyl (C=O) groups is 4. The van der Waals surface area contributed by atoms with Crippen LogP contribution in [0.15, 0.2) is 24.3 Å². The zero-order chi connectivity index (χ0) is 41.5. The summed E-state index contributed by atoms with van der Waals surface area (Å²) in [5.74, 6) is -0.212. The number of amides is 2. The number of hydrogen-bond donors (Lipinski definition) is 6. The number of guanidine groups is 1. The van der Waals surface area contributed by atoms with E-state index in [2.05, 4.69) is 46.1 Å². The first-order chi connectivity index (χ1) is 27.1. The summed E-state index contributed by atoms with van der Waals surface area (Å²) in [6, 6.07) is -0.972. The molecule has 0 aliphatic rings. The summed E-state index contributed by atoms with van der Waals surface area (Å²) in [6.45, 7) is 6.79. The van der Waals surface area contributed by atoms with Crippen LogP contribution in [-0.2, 0) is 28.7 Å². The van der Waals surface area contributed by atoms with Crippen LogP contribution in [0.4, 0.5) is 0 Å². The Labute approximate surface area is 339 Å². The van der Waals surface area contributed by atoms with Gasteiger partial charge in [0.25, 0.3) is 11.8 Å². The monoisotopic (exact) mass is 795 g/mol. The highest BCUT2D eigenvalue weighted by atomic mass is 16.5. The first-order valence-corrected chi connectivity index (χ1v) is 22.1. The van der Waals surface area contributed by atoms with Crippen molar-refractivity contribution in [1.82, 2.24) is 10.2 Å². The minimum absolute atomic E-state index is 0.00410. The quantitative estimate of drug-likeness (QED) is 0.0179. The summed E-state index contributed by atoms with van der Waals surface area (Å²) in [4.78, 5) is 53.8. The summed E-state index contributed by atoms with van der Waals surface area (Å²) in [5, 5.41) is 2.89. The van der Waals surface area contributed by atoms with Crippen LogP contribution in [0.2, 0.25) is 0 Å². The van der Waals surface area contributed by atoms with Crippen molar-refractivity contribution < 1.29 is 45.1 Å². The molecule has 0 aromatic rings. The molecule has 2 atom stereocenters. The van der Waals surface area contributed by atoms with E-state index < -0.39 is 12.1 Å². The van der Waals surface area contributed by atoms with Gasteiger partial charge in [0, 0.05) is 32.4 Å². The lowest BCUT2D eigenvalue weighted by atomic mass is 10.1. The summed E-state index contributed by atoms with van der Waals surface area (Å²) in [6.07, 6.45) is 32.9. The van der Waals surface area contributed by atoms with Gasteiger partial charge < -0.3 is 31.2 Å². The summed E-state index contributed by atoms with van der Waals surface area (Å²) >= 11 is 0. The van der Waals surface area contributed by atoms with Gasteiger partial charge in [-0.25, -0.2) is 0 Å². The standard InChI is InChI=1S/C43H81N7O6/c1-3-55-39(51)31-25-21-17-13-9-5-7-11-15-19-23-27-34-50(42(54)38(45)36-49-41(53)37(44)30-29-33-48-43(46)47)35-28-24-20-16-12-8-6-10-14-18-22-26-32-40(52)56-4-2/h9-10,13-14,37-38H,3-8,11-12,15-36,44-45H2,1-2H3,(H,49,53)(H4,46,47,48)/p+3/b13-9-,14-10-. The van der Waals surface area contributed by atoms with E-state index in [1.165, 1.54) is 38.5 Å². The Kier molecular flexibility index (Phi) is 36.1. The normalized spacial score (nSPS) is 12.4. The Morgan fingerprint density at radius 3 is 1.45 bits per heavy atom. The molecule has 0 saturated heterocycles. The first-order valence-electron chi connectivity index (χ1n) is 22.1. The molecule has 13 nitrogen and oxygen atoms in total. The maximum atomic E-state index is 13.5. The van der Waals surface area contributed by atoms with Gasteiger partial charge in [-0.2, -0.15) is 0 Å². The van der Waals surface area contributed by atoms with Crippen LogP contribution in [0.1, 0.15) is 168 Å². The molecule has 0 spiro atoms. The lowest BCUT2D eigenvalue weighted by Gasteiger charge is -2.25. The molecule has 12 N–H and O–H groups in total. The fraction of sp³-hybridized carbons (Fsp3) is 0.791. The SMILES string of the molecule is CCOC(=O)CCCC/C=C\CCCCCCCCN(CCCCCCCC/C=C\CCCCC(=O)OCC)C(=O)C([NH3+])CNC(=O)C([NH3+])CCC[NH+]=C(N)N. The van der Waals surface area contributed by atoms with Gasteiger partial charge in [-0.3, -0.25) is 35.6 Å². The molecule has 2 unspecified atom stereocenters. The third-order valence-electron chi connectivity index (χ3n) is 9.66. The predicted octanol–water partition coefficient (Wildman–Crippen LogP) is 3.11. The number of esters is 2. The van der Waals surface area contributed by atoms with Gasteiger partial charge in [-0.05, 0) is 97.3 Å². The molecular weight excluding hydrogens is 711 g/mol. The largest absolute Gasteiger partial charge is 0.466 e. The molecule has 2 amide bonds. The molecule has 56 heavy (non-hydrogen) atoms. The first kappa shape index (κ1) is 52.6. The molecular formula is C43H84N7O6+3. The molecule has 0 fully saturated rings. The van der Waals surface area contributed by atoms with Crippen molar-refractivity contribution in [2.24, 2.45) is 11.5 Å². The van der Waals surface area contributed by atoms with Crippen molar-refractivity contribution in [2.75, 3.05) is 39.4 Å². The molecule has 0 aliphatic carbocycles. The third-order valence-corrected chi connectivity index (χ3v) is 9.66. The second kappa shape index (κ2) is 38.4. The number of allylic oxidation sites excluding steroid dienone is 4. The molecule has 0 heterocycles. The lowest BCUT2D eigenvalue weighted by Crippen LogP contribution is -2.78. The van der Waals surface area contributed by atoms with Gasteiger partial charge >= 0.3 is 17.9 Å². The second-order valence-corrected chi connectivity index (χ2v) is 14.9. The summed E-state index contributed by atoms with van der Waals surface area (Å²) in [5.41, 5.74) is 18.9. The molecule has 0 aromatic heterocycles.